The van der Waals surface area contributed by atoms with Gasteiger partial charge in [0.25, 0.3) is 0 Å². The maximum Gasteiger partial charge on any atom is 0.137 e. The van der Waals surface area contributed by atoms with Gasteiger partial charge in [0, 0.05) is 18.2 Å². The van der Waals surface area contributed by atoms with Crippen LogP contribution in [0.5, 0.6) is 5.75 Å². The maximum atomic E-state index is 5.80. The molecule has 0 radical (unpaired) electrons. The summed E-state index contributed by atoms with van der Waals surface area (Å²) >= 11 is 3.54. The molecule has 0 amide bonds. The van der Waals surface area contributed by atoms with Gasteiger partial charge in [-0.15, -0.1) is 6.58 Å². The minimum Gasteiger partial charge on any atom is -0.492 e. The second kappa shape index (κ2) is 6.22. The molecule has 0 aromatic heterocycles. The van der Waals surface area contributed by atoms with Crippen molar-refractivity contribution < 1.29 is 4.74 Å². The topological polar surface area (TPSA) is 21.3 Å². The summed E-state index contributed by atoms with van der Waals surface area (Å²) < 4.78 is 6.83. The van der Waals surface area contributed by atoms with Gasteiger partial charge in [0.15, 0.2) is 0 Å². The lowest BCUT2D eigenvalue weighted by atomic mass is 10.2. The molecule has 1 aliphatic carbocycles. The summed E-state index contributed by atoms with van der Waals surface area (Å²) in [5, 5.41) is 3.51. The Labute approximate surface area is 111 Å². The van der Waals surface area contributed by atoms with Gasteiger partial charge < -0.3 is 10.1 Å². The fourth-order valence-corrected chi connectivity index (χ4v) is 2.16. The second-order valence-electron chi connectivity index (χ2n) is 4.31. The average molecular weight is 296 g/mol. The summed E-state index contributed by atoms with van der Waals surface area (Å²) in [7, 11) is 0. The van der Waals surface area contributed by atoms with Gasteiger partial charge in [-0.2, -0.15) is 0 Å². The van der Waals surface area contributed by atoms with E-state index < -0.39 is 0 Å². The Morgan fingerprint density at radius 2 is 2.29 bits per heavy atom. The van der Waals surface area contributed by atoms with E-state index in [0.29, 0.717) is 6.61 Å². The zero-order valence-corrected chi connectivity index (χ0v) is 11.5. The number of ether oxygens (including phenoxy) is 1. The molecule has 0 heterocycles. The summed E-state index contributed by atoms with van der Waals surface area (Å²) in [5.74, 6) is 0.961. The Bertz CT molecular complexity index is 388. The highest BCUT2D eigenvalue weighted by atomic mass is 79.9. The molecule has 1 fully saturated rings. The second-order valence-corrected chi connectivity index (χ2v) is 5.16. The average Bonchev–Trinajstić information content (AvgIpc) is 3.13. The largest absolute Gasteiger partial charge is 0.492 e. The van der Waals surface area contributed by atoms with E-state index in [9.17, 15) is 0 Å². The molecule has 0 bridgehead atoms. The Morgan fingerprint density at radius 3 is 3.00 bits per heavy atom. The third-order valence-electron chi connectivity index (χ3n) is 2.78. The van der Waals surface area contributed by atoms with Crippen LogP contribution in [0.4, 0.5) is 0 Å². The van der Waals surface area contributed by atoms with Crippen molar-refractivity contribution in [2.45, 2.75) is 31.8 Å². The number of nitrogens with one attached hydrogen (secondary N) is 1. The first kappa shape index (κ1) is 12.7. The van der Waals surface area contributed by atoms with E-state index >= 15 is 0 Å². The lowest BCUT2D eigenvalue weighted by molar-refractivity contribution is 0.318. The number of para-hydroxylation sites is 1. The Kier molecular flexibility index (Phi) is 4.63. The fourth-order valence-electron chi connectivity index (χ4n) is 1.64. The maximum absolute atomic E-state index is 5.80. The van der Waals surface area contributed by atoms with Crippen LogP contribution in [0.25, 0.3) is 0 Å². The van der Waals surface area contributed by atoms with E-state index in [1.807, 2.05) is 18.2 Å². The van der Waals surface area contributed by atoms with Crippen LogP contribution in [0, 0.1) is 0 Å². The third kappa shape index (κ3) is 3.86. The standard InChI is InChI=1S/C14H18BrNO/c1-2-3-9-17-14-11(5-4-6-13(14)15)10-16-12-7-8-12/h2,4-6,12,16H,1,3,7-10H2. The molecule has 0 saturated heterocycles. The molecule has 0 unspecified atom stereocenters. The van der Waals surface area contributed by atoms with Crippen molar-refractivity contribution >= 4 is 15.9 Å². The van der Waals surface area contributed by atoms with Gasteiger partial charge in [0.05, 0.1) is 11.1 Å². The van der Waals surface area contributed by atoms with Crippen molar-refractivity contribution in [3.63, 3.8) is 0 Å². The predicted octanol–water partition coefficient (Wildman–Crippen LogP) is 3.66. The zero-order chi connectivity index (χ0) is 12.1. The summed E-state index contributed by atoms with van der Waals surface area (Å²) in [5.41, 5.74) is 1.22. The van der Waals surface area contributed by atoms with E-state index in [1.165, 1.54) is 18.4 Å². The van der Waals surface area contributed by atoms with Crippen molar-refractivity contribution in [3.8, 4) is 5.75 Å². The van der Waals surface area contributed by atoms with Crippen molar-refractivity contribution in [3.05, 3.63) is 40.9 Å². The molecular weight excluding hydrogens is 278 g/mol. The summed E-state index contributed by atoms with van der Waals surface area (Å²) in [6, 6.07) is 6.90. The molecule has 1 aromatic rings. The highest BCUT2D eigenvalue weighted by molar-refractivity contribution is 9.10. The van der Waals surface area contributed by atoms with Crippen LogP contribution in [-0.2, 0) is 6.54 Å². The highest BCUT2D eigenvalue weighted by Gasteiger charge is 2.20. The van der Waals surface area contributed by atoms with Crippen LogP contribution in [0.2, 0.25) is 0 Å². The molecule has 2 nitrogen and oxygen atoms in total. The van der Waals surface area contributed by atoms with Gasteiger partial charge in [0.2, 0.25) is 0 Å². The number of halogens is 1. The van der Waals surface area contributed by atoms with Gasteiger partial charge in [-0.1, -0.05) is 18.2 Å². The van der Waals surface area contributed by atoms with Crippen LogP contribution in [-0.4, -0.2) is 12.6 Å². The first-order chi connectivity index (χ1) is 8.31. The van der Waals surface area contributed by atoms with Gasteiger partial charge in [0.1, 0.15) is 5.75 Å². The lowest BCUT2D eigenvalue weighted by Crippen LogP contribution is -2.16. The fraction of sp³-hybridized carbons (Fsp3) is 0.429. The van der Waals surface area contributed by atoms with Gasteiger partial charge in [-0.3, -0.25) is 0 Å². The number of rotatable bonds is 7. The van der Waals surface area contributed by atoms with Crippen LogP contribution in [0.3, 0.4) is 0 Å². The third-order valence-corrected chi connectivity index (χ3v) is 3.40. The van der Waals surface area contributed by atoms with Crippen molar-refractivity contribution in [2.75, 3.05) is 6.61 Å². The van der Waals surface area contributed by atoms with E-state index in [-0.39, 0.29) is 0 Å². The first-order valence-corrected chi connectivity index (χ1v) is 6.85. The molecule has 0 atom stereocenters. The first-order valence-electron chi connectivity index (χ1n) is 6.05. The smallest absolute Gasteiger partial charge is 0.137 e. The van der Waals surface area contributed by atoms with Gasteiger partial charge in [-0.05, 0) is 41.3 Å². The molecule has 1 aliphatic rings. The van der Waals surface area contributed by atoms with Crippen molar-refractivity contribution in [2.24, 2.45) is 0 Å². The van der Waals surface area contributed by atoms with E-state index in [1.54, 1.807) is 0 Å². The molecule has 0 aliphatic heterocycles. The van der Waals surface area contributed by atoms with E-state index in [2.05, 4.69) is 33.9 Å². The van der Waals surface area contributed by atoms with E-state index in [4.69, 9.17) is 4.74 Å². The molecule has 1 N–H and O–H groups in total. The SMILES string of the molecule is C=CCCOc1c(Br)cccc1CNC1CC1. The molecular formula is C14H18BrNO. The molecule has 3 heteroatoms. The number of benzene rings is 1. The van der Waals surface area contributed by atoms with Crippen LogP contribution >= 0.6 is 15.9 Å². The summed E-state index contributed by atoms with van der Waals surface area (Å²) in [6.07, 6.45) is 5.36. The molecule has 17 heavy (non-hydrogen) atoms. The minimum atomic E-state index is 0.683. The molecule has 0 spiro atoms. The Balaban J connectivity index is 2.00. The Hall–Kier alpha value is -0.800. The molecule has 92 valence electrons. The van der Waals surface area contributed by atoms with E-state index in [0.717, 1.165) is 29.2 Å². The van der Waals surface area contributed by atoms with Gasteiger partial charge in [-0.25, -0.2) is 0 Å². The van der Waals surface area contributed by atoms with Crippen LogP contribution in [0.15, 0.2) is 35.3 Å². The molecule has 1 aromatic carbocycles. The summed E-state index contributed by atoms with van der Waals surface area (Å²) in [4.78, 5) is 0. The Morgan fingerprint density at radius 1 is 1.47 bits per heavy atom. The monoisotopic (exact) mass is 295 g/mol. The predicted molar refractivity (Wildman–Crippen MR) is 74.3 cm³/mol. The van der Waals surface area contributed by atoms with Gasteiger partial charge >= 0.3 is 0 Å². The van der Waals surface area contributed by atoms with Crippen LogP contribution in [0.1, 0.15) is 24.8 Å². The summed E-state index contributed by atoms with van der Waals surface area (Å²) in [6.45, 7) is 5.27. The highest BCUT2D eigenvalue weighted by Crippen LogP contribution is 2.30. The van der Waals surface area contributed by atoms with Crippen molar-refractivity contribution in [1.29, 1.82) is 0 Å². The normalized spacial score (nSPS) is 14.6. The minimum absolute atomic E-state index is 0.683. The number of hydrogen-bond donors (Lipinski definition) is 1. The van der Waals surface area contributed by atoms with Crippen LogP contribution < -0.4 is 10.1 Å². The number of hydrogen-bond acceptors (Lipinski definition) is 2. The molecule has 2 rings (SSSR count). The van der Waals surface area contributed by atoms with Crippen molar-refractivity contribution in [1.82, 2.24) is 5.32 Å². The lowest BCUT2D eigenvalue weighted by Gasteiger charge is -2.13. The zero-order valence-electron chi connectivity index (χ0n) is 9.92. The molecule has 1 saturated carbocycles. The quantitative estimate of drug-likeness (QED) is 0.612.